The Kier molecular flexibility index (Phi) is 4.49. The average Bonchev–Trinajstić information content (AvgIpc) is 2.30. The molecule has 0 saturated carbocycles. The number of carbonyl (C=O) groups excluding carboxylic acids is 1. The Balaban J connectivity index is 2.59. The van der Waals surface area contributed by atoms with Crippen LogP contribution in [0.5, 0.6) is 0 Å². The summed E-state index contributed by atoms with van der Waals surface area (Å²) in [6.45, 7) is 0.918. The molecule has 0 aliphatic heterocycles. The highest BCUT2D eigenvalue weighted by Crippen LogP contribution is 2.06. The van der Waals surface area contributed by atoms with Gasteiger partial charge >= 0.3 is 0 Å². The van der Waals surface area contributed by atoms with E-state index in [1.807, 2.05) is 12.1 Å². The molecule has 0 unspecified atom stereocenters. The van der Waals surface area contributed by atoms with E-state index in [-0.39, 0.29) is 5.91 Å². The van der Waals surface area contributed by atoms with Crippen LogP contribution in [0.15, 0.2) is 24.3 Å². The molecule has 0 aliphatic carbocycles. The lowest BCUT2D eigenvalue weighted by atomic mass is 10.1. The largest absolute Gasteiger partial charge is 0.341 e. The summed E-state index contributed by atoms with van der Waals surface area (Å²) in [6.07, 6.45) is 0.368. The third kappa shape index (κ3) is 3.37. The Morgan fingerprint density at radius 2 is 2.06 bits per heavy atom. The Morgan fingerprint density at radius 3 is 2.56 bits per heavy atom. The number of carbonyl (C=O) groups is 1. The molecule has 84 valence electrons. The zero-order valence-electron chi connectivity index (χ0n) is 9.31. The van der Waals surface area contributed by atoms with Crippen LogP contribution in [0.1, 0.15) is 17.5 Å². The van der Waals surface area contributed by atoms with Gasteiger partial charge in [-0.3, -0.25) is 4.79 Å². The first-order chi connectivity index (χ1) is 7.67. The molecule has 1 aromatic carbocycles. The summed E-state index contributed by atoms with van der Waals surface area (Å²) in [5.74, 6) is 0.0341. The molecule has 0 heterocycles. The normalized spacial score (nSPS) is 9.56. The molecule has 0 spiro atoms. The molecular formula is C12H15N3O. The third-order valence-electron chi connectivity index (χ3n) is 2.29. The van der Waals surface area contributed by atoms with E-state index in [9.17, 15) is 4.79 Å². The summed E-state index contributed by atoms with van der Waals surface area (Å²) < 4.78 is 0. The summed E-state index contributed by atoms with van der Waals surface area (Å²) in [6, 6.07) is 9.25. The van der Waals surface area contributed by atoms with E-state index >= 15 is 0 Å². The van der Waals surface area contributed by atoms with Crippen LogP contribution in [-0.2, 0) is 11.3 Å². The second kappa shape index (κ2) is 5.89. The molecule has 0 atom stereocenters. The van der Waals surface area contributed by atoms with Crippen LogP contribution in [0, 0.1) is 11.3 Å². The van der Waals surface area contributed by atoms with E-state index in [1.54, 1.807) is 24.1 Å². The third-order valence-corrected chi connectivity index (χ3v) is 2.29. The summed E-state index contributed by atoms with van der Waals surface area (Å²) in [4.78, 5) is 13.1. The van der Waals surface area contributed by atoms with Gasteiger partial charge in [-0.2, -0.15) is 5.26 Å². The minimum Gasteiger partial charge on any atom is -0.341 e. The minimum absolute atomic E-state index is 0.0341. The molecule has 0 saturated heterocycles. The smallest absolute Gasteiger partial charge is 0.223 e. The first-order valence-corrected chi connectivity index (χ1v) is 5.10. The topological polar surface area (TPSA) is 70.1 Å². The van der Waals surface area contributed by atoms with Gasteiger partial charge in [0, 0.05) is 26.6 Å². The van der Waals surface area contributed by atoms with E-state index in [2.05, 4.69) is 6.07 Å². The minimum atomic E-state index is 0.0341. The van der Waals surface area contributed by atoms with Crippen molar-refractivity contribution in [2.24, 2.45) is 5.73 Å². The molecule has 4 nitrogen and oxygen atoms in total. The number of rotatable bonds is 4. The molecule has 4 heteroatoms. The van der Waals surface area contributed by atoms with Gasteiger partial charge in [0.05, 0.1) is 11.6 Å². The van der Waals surface area contributed by atoms with Crippen LogP contribution >= 0.6 is 0 Å². The number of hydrogen-bond acceptors (Lipinski definition) is 3. The highest BCUT2D eigenvalue weighted by molar-refractivity contribution is 5.76. The maximum absolute atomic E-state index is 11.5. The van der Waals surface area contributed by atoms with Crippen molar-refractivity contribution in [2.75, 3.05) is 13.6 Å². The van der Waals surface area contributed by atoms with Crippen LogP contribution in [0.4, 0.5) is 0 Å². The van der Waals surface area contributed by atoms with Crippen LogP contribution < -0.4 is 5.73 Å². The maximum Gasteiger partial charge on any atom is 0.223 e. The zero-order valence-corrected chi connectivity index (χ0v) is 9.31. The molecule has 2 N–H and O–H groups in total. The van der Waals surface area contributed by atoms with Gasteiger partial charge in [0.2, 0.25) is 5.91 Å². The van der Waals surface area contributed by atoms with Crippen LogP contribution in [0.25, 0.3) is 0 Å². The predicted molar refractivity (Wildman–Crippen MR) is 61.3 cm³/mol. The molecule has 0 bridgehead atoms. The summed E-state index contributed by atoms with van der Waals surface area (Å²) in [7, 11) is 1.75. The fourth-order valence-electron chi connectivity index (χ4n) is 1.36. The number of benzene rings is 1. The van der Waals surface area contributed by atoms with Gasteiger partial charge in [0.1, 0.15) is 0 Å². The summed E-state index contributed by atoms with van der Waals surface area (Å²) >= 11 is 0. The SMILES string of the molecule is CN(Cc1ccc(C#N)cc1)C(=O)CCN. The number of amides is 1. The highest BCUT2D eigenvalue weighted by Gasteiger charge is 2.07. The van der Waals surface area contributed by atoms with Crippen LogP contribution in [0.2, 0.25) is 0 Å². The molecule has 0 fully saturated rings. The molecule has 0 aliphatic rings. The van der Waals surface area contributed by atoms with E-state index in [0.717, 1.165) is 5.56 Å². The van der Waals surface area contributed by atoms with E-state index in [4.69, 9.17) is 11.0 Å². The van der Waals surface area contributed by atoms with Crippen molar-refractivity contribution in [2.45, 2.75) is 13.0 Å². The molecular weight excluding hydrogens is 202 g/mol. The lowest BCUT2D eigenvalue weighted by Gasteiger charge is -2.16. The van der Waals surface area contributed by atoms with Crippen molar-refractivity contribution in [3.05, 3.63) is 35.4 Å². The van der Waals surface area contributed by atoms with E-state index in [0.29, 0.717) is 25.1 Å². The van der Waals surface area contributed by atoms with Gasteiger partial charge in [-0.1, -0.05) is 12.1 Å². The fourth-order valence-corrected chi connectivity index (χ4v) is 1.36. The van der Waals surface area contributed by atoms with Crippen molar-refractivity contribution in [3.63, 3.8) is 0 Å². The Hall–Kier alpha value is -1.86. The van der Waals surface area contributed by atoms with Gasteiger partial charge in [0.25, 0.3) is 0 Å². The summed E-state index contributed by atoms with van der Waals surface area (Å²) in [5, 5.41) is 8.64. The molecule has 16 heavy (non-hydrogen) atoms. The highest BCUT2D eigenvalue weighted by atomic mass is 16.2. The van der Waals surface area contributed by atoms with E-state index < -0.39 is 0 Å². The molecule has 1 rings (SSSR count). The monoisotopic (exact) mass is 217 g/mol. The Labute approximate surface area is 95.3 Å². The van der Waals surface area contributed by atoms with Crippen molar-refractivity contribution < 1.29 is 4.79 Å². The first-order valence-electron chi connectivity index (χ1n) is 5.10. The number of nitrogens with zero attached hydrogens (tertiary/aromatic N) is 2. The van der Waals surface area contributed by atoms with Gasteiger partial charge < -0.3 is 10.6 Å². The van der Waals surface area contributed by atoms with Crippen LogP contribution in [-0.4, -0.2) is 24.4 Å². The van der Waals surface area contributed by atoms with Gasteiger partial charge in [0.15, 0.2) is 0 Å². The van der Waals surface area contributed by atoms with Crippen molar-refractivity contribution in [1.29, 1.82) is 5.26 Å². The van der Waals surface area contributed by atoms with Crippen molar-refractivity contribution in [1.82, 2.24) is 4.90 Å². The Bertz CT molecular complexity index is 392. The average molecular weight is 217 g/mol. The first kappa shape index (κ1) is 12.2. The quantitative estimate of drug-likeness (QED) is 0.813. The summed E-state index contributed by atoms with van der Waals surface area (Å²) in [5.41, 5.74) is 6.95. The lowest BCUT2D eigenvalue weighted by molar-refractivity contribution is -0.130. The second-order valence-electron chi connectivity index (χ2n) is 3.60. The van der Waals surface area contributed by atoms with Gasteiger partial charge in [-0.15, -0.1) is 0 Å². The number of nitrogens with two attached hydrogens (primary N) is 1. The lowest BCUT2D eigenvalue weighted by Crippen LogP contribution is -2.27. The maximum atomic E-state index is 11.5. The zero-order chi connectivity index (χ0) is 12.0. The molecule has 1 aromatic rings. The fraction of sp³-hybridized carbons (Fsp3) is 0.333. The van der Waals surface area contributed by atoms with Crippen molar-refractivity contribution >= 4 is 5.91 Å². The second-order valence-corrected chi connectivity index (χ2v) is 3.60. The number of hydrogen-bond donors (Lipinski definition) is 1. The predicted octanol–water partition coefficient (Wildman–Crippen LogP) is 0.865. The van der Waals surface area contributed by atoms with E-state index in [1.165, 1.54) is 0 Å². The molecule has 1 amide bonds. The van der Waals surface area contributed by atoms with Crippen LogP contribution in [0.3, 0.4) is 0 Å². The Morgan fingerprint density at radius 1 is 1.44 bits per heavy atom. The van der Waals surface area contributed by atoms with Gasteiger partial charge in [-0.05, 0) is 17.7 Å². The number of nitriles is 1. The molecule has 0 radical (unpaired) electrons. The van der Waals surface area contributed by atoms with Crippen molar-refractivity contribution in [3.8, 4) is 6.07 Å². The standard InChI is InChI=1S/C12H15N3O/c1-15(12(16)6-7-13)9-11-4-2-10(8-14)3-5-11/h2-5H,6-7,9,13H2,1H3. The van der Waals surface area contributed by atoms with Gasteiger partial charge in [-0.25, -0.2) is 0 Å². The molecule has 0 aromatic heterocycles.